The van der Waals surface area contributed by atoms with E-state index in [9.17, 15) is 5.11 Å². The lowest BCUT2D eigenvalue weighted by atomic mass is 10.1. The number of ether oxygens (including phenoxy) is 4. The fourth-order valence-corrected chi connectivity index (χ4v) is 1.26. The summed E-state index contributed by atoms with van der Waals surface area (Å²) in [6.07, 6.45) is 2.25. The molecule has 0 heterocycles. The van der Waals surface area contributed by atoms with Crippen molar-refractivity contribution in [2.45, 2.75) is 32.3 Å². The maximum atomic E-state index is 9.58. The number of rotatable bonds is 15. The molecule has 0 aromatic rings. The van der Waals surface area contributed by atoms with E-state index in [1.165, 1.54) is 0 Å². The van der Waals surface area contributed by atoms with E-state index in [1.54, 1.807) is 6.92 Å². The van der Waals surface area contributed by atoms with Gasteiger partial charge in [-0.3, -0.25) is 0 Å². The number of unbranched alkanes of at least 4 members (excludes halogenated alkanes) is 1. The van der Waals surface area contributed by atoms with Crippen LogP contribution in [0.4, 0.5) is 0 Å². The first kappa shape index (κ1) is 19.8. The van der Waals surface area contributed by atoms with Gasteiger partial charge in [0.05, 0.1) is 51.8 Å². The maximum Gasteiger partial charge on any atom is 0.0973 e. The quantitative estimate of drug-likeness (QED) is 0.429. The molecule has 0 radical (unpaired) electrons. The van der Waals surface area contributed by atoms with Crippen molar-refractivity contribution in [1.82, 2.24) is 0 Å². The van der Waals surface area contributed by atoms with Crippen LogP contribution in [0.1, 0.15) is 26.7 Å². The van der Waals surface area contributed by atoms with E-state index in [-0.39, 0.29) is 13.2 Å². The first-order chi connectivity index (χ1) is 9.62. The predicted octanol–water partition coefficient (Wildman–Crippen LogP) is 0.563. The van der Waals surface area contributed by atoms with E-state index >= 15 is 0 Å². The Kier molecular flexibility index (Phi) is 13.6. The largest absolute Gasteiger partial charge is 0.386 e. The monoisotopic (exact) mass is 293 g/mol. The van der Waals surface area contributed by atoms with E-state index < -0.39 is 5.60 Å². The zero-order chi connectivity index (χ0) is 15.1. The van der Waals surface area contributed by atoms with Crippen LogP contribution in [0.15, 0.2) is 0 Å². The van der Waals surface area contributed by atoms with Gasteiger partial charge in [0, 0.05) is 13.2 Å². The zero-order valence-electron chi connectivity index (χ0n) is 12.9. The number of hydrogen-bond donors (Lipinski definition) is 2. The Labute approximate surface area is 122 Å². The third-order valence-electron chi connectivity index (χ3n) is 2.61. The molecule has 0 spiro atoms. The molecule has 20 heavy (non-hydrogen) atoms. The van der Waals surface area contributed by atoms with Crippen LogP contribution in [0.3, 0.4) is 0 Å². The number of aliphatic hydroxyl groups is 1. The molecule has 0 amide bonds. The minimum atomic E-state index is -0.957. The van der Waals surface area contributed by atoms with E-state index in [2.05, 4.69) is 6.92 Å². The van der Waals surface area contributed by atoms with E-state index in [4.69, 9.17) is 24.7 Å². The average molecular weight is 293 g/mol. The lowest BCUT2D eigenvalue weighted by Gasteiger charge is -2.20. The summed E-state index contributed by atoms with van der Waals surface area (Å²) in [5.74, 6) is 0. The van der Waals surface area contributed by atoms with Crippen molar-refractivity contribution in [3.05, 3.63) is 0 Å². The van der Waals surface area contributed by atoms with Gasteiger partial charge in [-0.15, -0.1) is 0 Å². The highest BCUT2D eigenvalue weighted by atomic mass is 16.6. The zero-order valence-corrected chi connectivity index (χ0v) is 12.9. The molecule has 0 bridgehead atoms. The molecule has 122 valence electrons. The second-order valence-corrected chi connectivity index (χ2v) is 4.94. The fraction of sp³-hybridized carbons (Fsp3) is 1.00. The van der Waals surface area contributed by atoms with Gasteiger partial charge in [0.1, 0.15) is 0 Å². The van der Waals surface area contributed by atoms with Crippen LogP contribution in [0.25, 0.3) is 0 Å². The highest BCUT2D eigenvalue weighted by Crippen LogP contribution is 2.00. The van der Waals surface area contributed by atoms with Crippen LogP contribution >= 0.6 is 0 Å². The molecule has 1 atom stereocenters. The average Bonchev–Trinajstić information content (AvgIpc) is 2.44. The number of nitrogens with two attached hydrogens (primary N) is 1. The Bertz CT molecular complexity index is 202. The highest BCUT2D eigenvalue weighted by molar-refractivity contribution is 4.71. The first-order valence-corrected chi connectivity index (χ1v) is 7.36. The SMILES string of the molecule is CCCCOCCOCCOCCOCC(C)(O)CN. The molecule has 0 fully saturated rings. The van der Waals surface area contributed by atoms with Gasteiger partial charge in [-0.1, -0.05) is 13.3 Å². The third-order valence-corrected chi connectivity index (χ3v) is 2.61. The fourth-order valence-electron chi connectivity index (χ4n) is 1.26. The van der Waals surface area contributed by atoms with Crippen LogP contribution in [0, 0.1) is 0 Å². The van der Waals surface area contributed by atoms with Crippen LogP contribution < -0.4 is 5.73 Å². The maximum absolute atomic E-state index is 9.58. The molecule has 0 aromatic heterocycles. The van der Waals surface area contributed by atoms with Crippen molar-refractivity contribution in [3.63, 3.8) is 0 Å². The summed E-state index contributed by atoms with van der Waals surface area (Å²) >= 11 is 0. The van der Waals surface area contributed by atoms with Gasteiger partial charge >= 0.3 is 0 Å². The summed E-state index contributed by atoms with van der Waals surface area (Å²) in [6.45, 7) is 8.24. The minimum Gasteiger partial charge on any atom is -0.386 e. The molecule has 0 rings (SSSR count). The van der Waals surface area contributed by atoms with Crippen molar-refractivity contribution in [3.8, 4) is 0 Å². The standard InChI is InChI=1S/C14H31NO5/c1-3-4-5-17-6-7-18-8-9-19-10-11-20-13-14(2,16)12-15/h16H,3-13,15H2,1-2H3. The lowest BCUT2D eigenvalue weighted by molar-refractivity contribution is -0.0480. The molecule has 0 saturated heterocycles. The van der Waals surface area contributed by atoms with Crippen molar-refractivity contribution < 1.29 is 24.1 Å². The Morgan fingerprint density at radius 3 is 1.75 bits per heavy atom. The third kappa shape index (κ3) is 14.2. The van der Waals surface area contributed by atoms with E-state index in [1.807, 2.05) is 0 Å². The Morgan fingerprint density at radius 1 is 0.850 bits per heavy atom. The Morgan fingerprint density at radius 2 is 1.30 bits per heavy atom. The molecule has 3 N–H and O–H groups in total. The Balaban J connectivity index is 3.06. The summed E-state index contributed by atoms with van der Waals surface area (Å²) in [5, 5.41) is 9.58. The van der Waals surface area contributed by atoms with Gasteiger partial charge in [-0.05, 0) is 13.3 Å². The summed E-state index contributed by atoms with van der Waals surface area (Å²) in [4.78, 5) is 0. The van der Waals surface area contributed by atoms with Crippen molar-refractivity contribution in [1.29, 1.82) is 0 Å². The van der Waals surface area contributed by atoms with Crippen LogP contribution in [0.2, 0.25) is 0 Å². The van der Waals surface area contributed by atoms with Crippen molar-refractivity contribution in [2.24, 2.45) is 5.73 Å². The minimum absolute atomic E-state index is 0.183. The summed E-state index contributed by atoms with van der Waals surface area (Å²) in [6, 6.07) is 0. The molecule has 6 heteroatoms. The van der Waals surface area contributed by atoms with Gasteiger partial charge in [0.25, 0.3) is 0 Å². The summed E-state index contributed by atoms with van der Waals surface area (Å²) in [5.41, 5.74) is 4.41. The highest BCUT2D eigenvalue weighted by Gasteiger charge is 2.17. The van der Waals surface area contributed by atoms with Gasteiger partial charge in [0.15, 0.2) is 0 Å². The molecule has 0 aliphatic rings. The molecule has 1 unspecified atom stereocenters. The Hall–Kier alpha value is -0.240. The molecular weight excluding hydrogens is 262 g/mol. The molecule has 0 aromatic carbocycles. The second-order valence-electron chi connectivity index (χ2n) is 4.94. The van der Waals surface area contributed by atoms with Crippen LogP contribution in [-0.4, -0.2) is 70.1 Å². The van der Waals surface area contributed by atoms with E-state index in [0.29, 0.717) is 39.6 Å². The topological polar surface area (TPSA) is 83.2 Å². The van der Waals surface area contributed by atoms with Crippen LogP contribution in [-0.2, 0) is 18.9 Å². The normalized spacial score (nSPS) is 14.4. The van der Waals surface area contributed by atoms with Gasteiger partial charge in [-0.25, -0.2) is 0 Å². The van der Waals surface area contributed by atoms with Gasteiger partial charge in [0.2, 0.25) is 0 Å². The molecule has 0 aliphatic heterocycles. The molecular formula is C14H31NO5. The molecule has 6 nitrogen and oxygen atoms in total. The second kappa shape index (κ2) is 13.7. The van der Waals surface area contributed by atoms with Gasteiger partial charge in [-0.2, -0.15) is 0 Å². The van der Waals surface area contributed by atoms with Crippen molar-refractivity contribution >= 4 is 0 Å². The predicted molar refractivity (Wildman–Crippen MR) is 77.9 cm³/mol. The van der Waals surface area contributed by atoms with Crippen LogP contribution in [0.5, 0.6) is 0 Å². The smallest absolute Gasteiger partial charge is 0.0973 e. The number of hydrogen-bond acceptors (Lipinski definition) is 6. The van der Waals surface area contributed by atoms with E-state index in [0.717, 1.165) is 19.4 Å². The summed E-state index contributed by atoms with van der Waals surface area (Å²) in [7, 11) is 0. The lowest BCUT2D eigenvalue weighted by Crippen LogP contribution is -2.39. The first-order valence-electron chi connectivity index (χ1n) is 7.36. The molecule has 0 aliphatic carbocycles. The summed E-state index contributed by atoms with van der Waals surface area (Å²) < 4.78 is 21.3. The molecule has 0 saturated carbocycles. The van der Waals surface area contributed by atoms with Gasteiger partial charge < -0.3 is 29.8 Å². The van der Waals surface area contributed by atoms with Crippen molar-refractivity contribution in [2.75, 3.05) is 59.4 Å².